The first-order valence-electron chi connectivity index (χ1n) is 8.44. The number of methoxy groups -OCH3 is 2. The molecule has 0 saturated heterocycles. The van der Waals surface area contributed by atoms with Gasteiger partial charge < -0.3 is 9.47 Å². The molecule has 2 aromatic carbocycles. The molecular weight excluding hydrogens is 509 g/mol. The fourth-order valence-corrected chi connectivity index (χ4v) is 3.66. The van der Waals surface area contributed by atoms with Gasteiger partial charge in [-0.15, -0.1) is 0 Å². The second kappa shape index (κ2) is 9.92. The number of hydrazone groups is 1. The van der Waals surface area contributed by atoms with Crippen LogP contribution in [-0.2, 0) is 14.8 Å². The van der Waals surface area contributed by atoms with E-state index in [0.717, 1.165) is 19.7 Å². The third kappa shape index (κ3) is 6.32. The Morgan fingerprint density at radius 1 is 1.10 bits per heavy atom. The minimum Gasteiger partial charge on any atom is -0.493 e. The van der Waals surface area contributed by atoms with E-state index in [1.165, 1.54) is 26.4 Å². The topological polar surface area (TPSA) is 97.3 Å². The Morgan fingerprint density at radius 3 is 2.28 bits per heavy atom. The van der Waals surface area contributed by atoms with Gasteiger partial charge in [-0.3, -0.25) is 9.10 Å². The van der Waals surface area contributed by atoms with Crippen molar-refractivity contribution >= 4 is 49.9 Å². The summed E-state index contributed by atoms with van der Waals surface area (Å²) in [7, 11) is -0.801. The molecule has 0 aliphatic carbocycles. The predicted molar refractivity (Wildman–Crippen MR) is 121 cm³/mol. The Balaban J connectivity index is 2.19. The fraction of sp³-hybridized carbons (Fsp3) is 0.263. The van der Waals surface area contributed by atoms with Crippen LogP contribution in [0, 0.1) is 3.57 Å². The van der Waals surface area contributed by atoms with Crippen molar-refractivity contribution in [2.75, 3.05) is 31.3 Å². The Hall–Kier alpha value is -2.34. The molecule has 0 unspecified atom stereocenters. The fourth-order valence-electron chi connectivity index (χ4n) is 2.45. The molecule has 156 valence electrons. The summed E-state index contributed by atoms with van der Waals surface area (Å²) in [6, 6.07) is 12.2. The Kier molecular flexibility index (Phi) is 7.85. The van der Waals surface area contributed by atoms with Crippen molar-refractivity contribution in [2.24, 2.45) is 5.10 Å². The van der Waals surface area contributed by atoms with Gasteiger partial charge in [0.2, 0.25) is 10.0 Å². The Bertz CT molecular complexity index is 1010. The quantitative estimate of drug-likeness (QED) is 0.321. The van der Waals surface area contributed by atoms with E-state index in [1.54, 1.807) is 13.0 Å². The summed E-state index contributed by atoms with van der Waals surface area (Å²) in [4.78, 5) is 12.4. The van der Waals surface area contributed by atoms with E-state index in [0.29, 0.717) is 17.2 Å². The number of amides is 1. The van der Waals surface area contributed by atoms with Crippen LogP contribution in [-0.4, -0.2) is 47.1 Å². The lowest BCUT2D eigenvalue weighted by atomic mass is 10.1. The number of ether oxygens (including phenoxy) is 2. The van der Waals surface area contributed by atoms with E-state index in [1.807, 2.05) is 24.3 Å². The van der Waals surface area contributed by atoms with Gasteiger partial charge in [0.15, 0.2) is 11.5 Å². The molecule has 0 radical (unpaired) electrons. The number of rotatable bonds is 8. The molecule has 2 aromatic rings. The number of nitrogens with one attached hydrogen (secondary N) is 1. The standard InChI is InChI=1S/C19H22IN3O5S/c1-13(14-5-7-15(20)8-6-14)21-22-19(24)12-23(29(4,25)26)16-9-10-17(27-2)18(11-16)28-3/h5-11H,12H2,1-4H3,(H,22,24)/b21-13-. The van der Waals surface area contributed by atoms with Crippen LogP contribution in [0.4, 0.5) is 5.69 Å². The molecular formula is C19H22IN3O5S. The third-order valence-electron chi connectivity index (χ3n) is 3.95. The average Bonchev–Trinajstić information content (AvgIpc) is 2.69. The highest BCUT2D eigenvalue weighted by molar-refractivity contribution is 14.1. The molecule has 1 N–H and O–H groups in total. The maximum Gasteiger partial charge on any atom is 0.260 e. The highest BCUT2D eigenvalue weighted by atomic mass is 127. The number of anilines is 1. The van der Waals surface area contributed by atoms with Crippen LogP contribution in [0.1, 0.15) is 12.5 Å². The summed E-state index contributed by atoms with van der Waals surface area (Å²) < 4.78 is 36.9. The van der Waals surface area contributed by atoms with Gasteiger partial charge in [-0.25, -0.2) is 13.8 Å². The lowest BCUT2D eigenvalue weighted by Crippen LogP contribution is -2.39. The third-order valence-corrected chi connectivity index (χ3v) is 5.81. The molecule has 0 aromatic heterocycles. The molecule has 2 rings (SSSR count). The van der Waals surface area contributed by atoms with Crippen LogP contribution in [0.25, 0.3) is 0 Å². The van der Waals surface area contributed by atoms with Crippen molar-refractivity contribution in [3.8, 4) is 11.5 Å². The number of nitrogens with zero attached hydrogens (tertiary/aromatic N) is 2. The first kappa shape index (κ1) is 22.9. The van der Waals surface area contributed by atoms with Crippen LogP contribution in [0.5, 0.6) is 11.5 Å². The summed E-state index contributed by atoms with van der Waals surface area (Å²) in [6.45, 7) is 1.32. The van der Waals surface area contributed by atoms with Gasteiger partial charge in [0, 0.05) is 9.64 Å². The normalized spacial score (nSPS) is 11.7. The van der Waals surface area contributed by atoms with E-state index in [2.05, 4.69) is 33.1 Å². The van der Waals surface area contributed by atoms with Gasteiger partial charge in [0.25, 0.3) is 5.91 Å². The minimum absolute atomic E-state index is 0.277. The van der Waals surface area contributed by atoms with Crippen molar-refractivity contribution in [2.45, 2.75) is 6.92 Å². The number of hydrogen-bond acceptors (Lipinski definition) is 6. The molecule has 0 aliphatic heterocycles. The smallest absolute Gasteiger partial charge is 0.260 e. The number of halogens is 1. The zero-order chi connectivity index (χ0) is 21.6. The molecule has 29 heavy (non-hydrogen) atoms. The molecule has 0 saturated carbocycles. The van der Waals surface area contributed by atoms with Crippen LogP contribution < -0.4 is 19.2 Å². The number of sulfonamides is 1. The highest BCUT2D eigenvalue weighted by Crippen LogP contribution is 2.32. The summed E-state index contributed by atoms with van der Waals surface area (Å²) >= 11 is 2.20. The predicted octanol–water partition coefficient (Wildman–Crippen LogP) is 2.61. The van der Waals surface area contributed by atoms with Crippen molar-refractivity contribution in [1.29, 1.82) is 0 Å². The lowest BCUT2D eigenvalue weighted by Gasteiger charge is -2.22. The SMILES string of the molecule is COc1ccc(N(CC(=O)N/N=C(/C)c2ccc(I)cc2)S(C)(=O)=O)cc1OC. The van der Waals surface area contributed by atoms with Crippen LogP contribution >= 0.6 is 22.6 Å². The van der Waals surface area contributed by atoms with E-state index >= 15 is 0 Å². The molecule has 0 bridgehead atoms. The van der Waals surface area contributed by atoms with E-state index in [4.69, 9.17) is 9.47 Å². The van der Waals surface area contributed by atoms with Crippen molar-refractivity contribution in [3.05, 3.63) is 51.6 Å². The molecule has 10 heteroatoms. The van der Waals surface area contributed by atoms with Gasteiger partial charge >= 0.3 is 0 Å². The van der Waals surface area contributed by atoms with Gasteiger partial charge in [-0.05, 0) is 59.3 Å². The Morgan fingerprint density at radius 2 is 1.72 bits per heavy atom. The summed E-state index contributed by atoms with van der Waals surface area (Å²) in [5.41, 5.74) is 4.14. The van der Waals surface area contributed by atoms with Crippen molar-refractivity contribution in [3.63, 3.8) is 0 Å². The van der Waals surface area contributed by atoms with Crippen LogP contribution in [0.2, 0.25) is 0 Å². The molecule has 0 aliphatic rings. The number of benzene rings is 2. The largest absolute Gasteiger partial charge is 0.493 e. The number of carbonyl (C=O) groups excluding carboxylic acids is 1. The van der Waals surface area contributed by atoms with Crippen LogP contribution in [0.15, 0.2) is 47.6 Å². The average molecular weight is 531 g/mol. The van der Waals surface area contributed by atoms with Crippen LogP contribution in [0.3, 0.4) is 0 Å². The minimum atomic E-state index is -3.73. The maximum absolute atomic E-state index is 12.4. The monoisotopic (exact) mass is 531 g/mol. The number of carbonyl (C=O) groups is 1. The highest BCUT2D eigenvalue weighted by Gasteiger charge is 2.22. The van der Waals surface area contributed by atoms with Crippen molar-refractivity contribution in [1.82, 2.24) is 5.43 Å². The van der Waals surface area contributed by atoms with E-state index in [9.17, 15) is 13.2 Å². The second-order valence-electron chi connectivity index (χ2n) is 6.05. The molecule has 0 atom stereocenters. The van der Waals surface area contributed by atoms with Crippen molar-refractivity contribution < 1.29 is 22.7 Å². The lowest BCUT2D eigenvalue weighted by molar-refractivity contribution is -0.119. The Labute approximate surface area is 184 Å². The zero-order valence-corrected chi connectivity index (χ0v) is 19.4. The first-order valence-corrected chi connectivity index (χ1v) is 11.4. The maximum atomic E-state index is 12.4. The zero-order valence-electron chi connectivity index (χ0n) is 16.5. The molecule has 0 spiro atoms. The van der Waals surface area contributed by atoms with Gasteiger partial charge in [0.1, 0.15) is 6.54 Å². The molecule has 0 heterocycles. The summed E-state index contributed by atoms with van der Waals surface area (Å²) in [6.07, 6.45) is 1.02. The molecule has 1 amide bonds. The van der Waals surface area contributed by atoms with Gasteiger partial charge in [-0.2, -0.15) is 5.10 Å². The summed E-state index contributed by atoms with van der Waals surface area (Å²) in [5, 5.41) is 4.06. The second-order valence-corrected chi connectivity index (χ2v) is 9.20. The van der Waals surface area contributed by atoms with Gasteiger partial charge in [0.05, 0.1) is 31.9 Å². The van der Waals surface area contributed by atoms with E-state index in [-0.39, 0.29) is 5.69 Å². The molecule has 8 nitrogen and oxygen atoms in total. The van der Waals surface area contributed by atoms with E-state index < -0.39 is 22.5 Å². The molecule has 0 fully saturated rings. The number of hydrogen-bond donors (Lipinski definition) is 1. The summed E-state index contributed by atoms with van der Waals surface area (Å²) in [5.74, 6) is 0.230. The first-order chi connectivity index (χ1) is 13.7. The van der Waals surface area contributed by atoms with Gasteiger partial charge in [-0.1, -0.05) is 12.1 Å².